The zero-order valence-electron chi connectivity index (χ0n) is 15.9. The number of oxazole rings is 1. The number of halogens is 1. The Morgan fingerprint density at radius 3 is 2.53 bits per heavy atom. The van der Waals surface area contributed by atoms with E-state index in [0.29, 0.717) is 17.1 Å². The van der Waals surface area contributed by atoms with Crippen LogP contribution < -0.4 is 5.32 Å². The number of aryl methyl sites for hydroxylation is 1. The molecule has 154 valence electrons. The molecule has 0 saturated heterocycles. The molecule has 9 heteroatoms. The van der Waals surface area contributed by atoms with Gasteiger partial charge in [0.1, 0.15) is 0 Å². The molecule has 0 aliphatic carbocycles. The Hall–Kier alpha value is -3.10. The molecular weight excluding hydrogens is 424 g/mol. The monoisotopic (exact) mass is 442 g/mol. The molecule has 4 rings (SSSR count). The maximum atomic E-state index is 13.2. The minimum atomic E-state index is -3.90. The molecule has 2 heterocycles. The van der Waals surface area contributed by atoms with Gasteiger partial charge >= 0.3 is 0 Å². The average molecular weight is 443 g/mol. The van der Waals surface area contributed by atoms with Gasteiger partial charge in [0.05, 0.1) is 11.2 Å². The predicted molar refractivity (Wildman–Crippen MR) is 114 cm³/mol. The van der Waals surface area contributed by atoms with Gasteiger partial charge in [-0.1, -0.05) is 29.8 Å². The van der Waals surface area contributed by atoms with Crippen molar-refractivity contribution in [3.8, 4) is 11.5 Å². The smallest absolute Gasteiger partial charge is 0.233 e. The first-order valence-corrected chi connectivity index (χ1v) is 11.2. The molecule has 0 fully saturated rings. The third-order valence-corrected chi connectivity index (χ3v) is 6.36. The van der Waals surface area contributed by atoms with E-state index >= 15 is 0 Å². The van der Waals surface area contributed by atoms with E-state index in [1.807, 2.05) is 41.1 Å². The number of benzene rings is 2. The lowest BCUT2D eigenvalue weighted by Gasteiger charge is -2.07. The van der Waals surface area contributed by atoms with Gasteiger partial charge in [0, 0.05) is 36.1 Å². The fourth-order valence-electron chi connectivity index (χ4n) is 2.91. The molecule has 0 aliphatic rings. The average Bonchev–Trinajstić information content (AvgIpc) is 3.42. The van der Waals surface area contributed by atoms with Gasteiger partial charge in [-0.2, -0.15) is 4.98 Å². The van der Waals surface area contributed by atoms with Gasteiger partial charge in [-0.25, -0.2) is 13.4 Å². The van der Waals surface area contributed by atoms with Crippen molar-refractivity contribution in [2.75, 3.05) is 11.9 Å². The third-order valence-electron chi connectivity index (χ3n) is 4.43. The highest BCUT2D eigenvalue weighted by atomic mass is 35.5. The van der Waals surface area contributed by atoms with Crippen molar-refractivity contribution in [1.29, 1.82) is 0 Å². The highest BCUT2D eigenvalue weighted by Gasteiger charge is 2.28. The molecule has 0 unspecified atom stereocenters. The summed E-state index contributed by atoms with van der Waals surface area (Å²) >= 11 is 5.90. The van der Waals surface area contributed by atoms with Crippen molar-refractivity contribution >= 4 is 27.3 Å². The van der Waals surface area contributed by atoms with Crippen LogP contribution in [0.25, 0.3) is 11.5 Å². The Balaban J connectivity index is 1.63. The maximum absolute atomic E-state index is 13.2. The molecule has 0 amide bonds. The lowest BCUT2D eigenvalue weighted by atomic mass is 10.2. The zero-order chi connectivity index (χ0) is 21.0. The molecule has 0 spiro atoms. The van der Waals surface area contributed by atoms with E-state index in [9.17, 15) is 8.42 Å². The Kier molecular flexibility index (Phi) is 5.87. The van der Waals surface area contributed by atoms with Crippen LogP contribution in [0.15, 0.2) is 87.7 Å². The van der Waals surface area contributed by atoms with Crippen molar-refractivity contribution in [3.63, 3.8) is 0 Å². The summed E-state index contributed by atoms with van der Waals surface area (Å²) in [6.07, 6.45) is 6.07. The topological polar surface area (TPSA) is 90.0 Å². The summed E-state index contributed by atoms with van der Waals surface area (Å²) in [5, 5.41) is 3.39. The number of hydrogen-bond donors (Lipinski definition) is 1. The minimum absolute atomic E-state index is 0.0984. The van der Waals surface area contributed by atoms with Crippen LogP contribution >= 0.6 is 11.6 Å². The van der Waals surface area contributed by atoms with Crippen LogP contribution in [0, 0.1) is 0 Å². The molecule has 0 bridgehead atoms. The SMILES string of the molecule is O=S(=O)(c1ccc(Cl)cc1)c1nc(-c2ccccc2)oc1NCCCn1ccnc1. The maximum Gasteiger partial charge on any atom is 0.233 e. The van der Waals surface area contributed by atoms with Crippen molar-refractivity contribution < 1.29 is 12.8 Å². The van der Waals surface area contributed by atoms with E-state index in [0.717, 1.165) is 13.0 Å². The van der Waals surface area contributed by atoms with Crippen molar-refractivity contribution in [2.45, 2.75) is 22.9 Å². The highest BCUT2D eigenvalue weighted by Crippen LogP contribution is 2.32. The minimum Gasteiger partial charge on any atom is -0.419 e. The Morgan fingerprint density at radius 1 is 1.07 bits per heavy atom. The van der Waals surface area contributed by atoms with Crippen LogP contribution in [0.3, 0.4) is 0 Å². The molecule has 30 heavy (non-hydrogen) atoms. The number of hydrogen-bond acceptors (Lipinski definition) is 6. The van der Waals surface area contributed by atoms with Crippen molar-refractivity contribution in [1.82, 2.24) is 14.5 Å². The lowest BCUT2D eigenvalue weighted by molar-refractivity contribution is 0.571. The van der Waals surface area contributed by atoms with Crippen LogP contribution in [0.2, 0.25) is 5.02 Å². The van der Waals surface area contributed by atoms with E-state index < -0.39 is 9.84 Å². The Morgan fingerprint density at radius 2 is 1.83 bits per heavy atom. The van der Waals surface area contributed by atoms with Crippen molar-refractivity contribution in [2.24, 2.45) is 0 Å². The highest BCUT2D eigenvalue weighted by molar-refractivity contribution is 7.91. The summed E-state index contributed by atoms with van der Waals surface area (Å²) in [7, 11) is -3.90. The molecule has 0 saturated carbocycles. The molecule has 2 aromatic carbocycles. The lowest BCUT2D eigenvalue weighted by Crippen LogP contribution is -2.10. The van der Waals surface area contributed by atoms with E-state index in [4.69, 9.17) is 16.0 Å². The summed E-state index contributed by atoms with van der Waals surface area (Å²) in [5.74, 6) is 0.356. The first kappa shape index (κ1) is 20.2. The summed E-state index contributed by atoms with van der Waals surface area (Å²) < 4.78 is 34.2. The molecule has 0 aliphatic heterocycles. The summed E-state index contributed by atoms with van der Waals surface area (Å²) in [4.78, 5) is 8.42. The third kappa shape index (κ3) is 4.39. The van der Waals surface area contributed by atoms with Crippen molar-refractivity contribution in [3.05, 3.63) is 78.3 Å². The van der Waals surface area contributed by atoms with Gasteiger partial charge in [-0.05, 0) is 42.8 Å². The van der Waals surface area contributed by atoms with Gasteiger partial charge in [-0.15, -0.1) is 0 Å². The quantitative estimate of drug-likeness (QED) is 0.403. The molecule has 4 aromatic rings. The molecule has 7 nitrogen and oxygen atoms in total. The fraction of sp³-hybridized carbons (Fsp3) is 0.143. The van der Waals surface area contributed by atoms with Crippen LogP contribution in [0.4, 0.5) is 5.88 Å². The number of aromatic nitrogens is 3. The molecule has 0 atom stereocenters. The van der Waals surface area contributed by atoms with Crippen LogP contribution in [0.5, 0.6) is 0 Å². The van der Waals surface area contributed by atoms with E-state index in [-0.39, 0.29) is 21.7 Å². The molecule has 0 radical (unpaired) electrons. The first-order chi connectivity index (χ1) is 14.5. The van der Waals surface area contributed by atoms with Gasteiger partial charge in [0.25, 0.3) is 0 Å². The Labute approximate surface area is 179 Å². The van der Waals surface area contributed by atoms with E-state index in [1.165, 1.54) is 24.3 Å². The standard InChI is InChI=1S/C21H19ClN4O3S/c22-17-7-9-18(10-8-17)30(27,28)21-20(24-11-4-13-26-14-12-23-15-26)29-19(25-21)16-5-2-1-3-6-16/h1-3,5-10,12,14-15,24H,4,11,13H2. The van der Waals surface area contributed by atoms with Gasteiger partial charge < -0.3 is 14.3 Å². The summed E-state index contributed by atoms with van der Waals surface area (Å²) in [6.45, 7) is 1.25. The number of nitrogens with zero attached hydrogens (tertiary/aromatic N) is 3. The fourth-order valence-corrected chi connectivity index (χ4v) is 4.32. The summed E-state index contributed by atoms with van der Waals surface area (Å²) in [5.41, 5.74) is 0.691. The van der Waals surface area contributed by atoms with Crippen LogP contribution in [-0.2, 0) is 16.4 Å². The second-order valence-electron chi connectivity index (χ2n) is 6.56. The second-order valence-corrected chi connectivity index (χ2v) is 8.86. The number of sulfone groups is 1. The number of imidazole rings is 1. The number of rotatable bonds is 8. The van der Waals surface area contributed by atoms with Crippen LogP contribution in [-0.4, -0.2) is 29.5 Å². The number of nitrogens with one attached hydrogen (secondary N) is 1. The molecule has 2 aromatic heterocycles. The van der Waals surface area contributed by atoms with E-state index in [2.05, 4.69) is 15.3 Å². The molecular formula is C21H19ClN4O3S. The molecule has 1 N–H and O–H groups in total. The summed E-state index contributed by atoms with van der Waals surface area (Å²) in [6, 6.07) is 15.1. The van der Waals surface area contributed by atoms with Gasteiger partial charge in [0.15, 0.2) is 0 Å². The first-order valence-electron chi connectivity index (χ1n) is 9.30. The second kappa shape index (κ2) is 8.73. The largest absolute Gasteiger partial charge is 0.419 e. The predicted octanol–water partition coefficient (Wildman–Crippen LogP) is 4.53. The van der Waals surface area contributed by atoms with Gasteiger partial charge in [-0.3, -0.25) is 0 Å². The van der Waals surface area contributed by atoms with E-state index in [1.54, 1.807) is 12.5 Å². The normalized spacial score (nSPS) is 11.5. The van der Waals surface area contributed by atoms with Crippen LogP contribution in [0.1, 0.15) is 6.42 Å². The van der Waals surface area contributed by atoms with Gasteiger partial charge in [0.2, 0.25) is 26.6 Å². The number of anilines is 1. The Bertz CT molecular complexity index is 1210. The zero-order valence-corrected chi connectivity index (χ0v) is 17.5.